The highest BCUT2D eigenvalue weighted by Crippen LogP contribution is 2.34. The van der Waals surface area contributed by atoms with Crippen molar-refractivity contribution in [3.63, 3.8) is 0 Å². The molecule has 0 saturated carbocycles. The summed E-state index contributed by atoms with van der Waals surface area (Å²) in [6.07, 6.45) is 0. The molecule has 6 rings (SSSR count). The van der Waals surface area contributed by atoms with Gasteiger partial charge in [-0.3, -0.25) is 0 Å². The lowest BCUT2D eigenvalue weighted by Crippen LogP contribution is -2.04. The molecule has 44 heavy (non-hydrogen) atoms. The van der Waals surface area contributed by atoms with Crippen LogP contribution in [-0.2, 0) is 0 Å². The van der Waals surface area contributed by atoms with Crippen LogP contribution in [-0.4, -0.2) is 0 Å². The SMILES string of the molecule is CC.CC(C)c1ccc(-c2ccccc2)cc1.Nc1ccc(C(c2ccc(N)cc2)c2ccc(-c3ccccc3)cc2)cc1. The first-order valence-electron chi connectivity index (χ1n) is 15.5. The molecule has 0 saturated heterocycles. The first-order chi connectivity index (χ1) is 21.5. The lowest BCUT2D eigenvalue weighted by Gasteiger charge is -2.20. The van der Waals surface area contributed by atoms with Crippen LogP contribution in [0.15, 0.2) is 158 Å². The summed E-state index contributed by atoms with van der Waals surface area (Å²) < 4.78 is 0. The molecule has 2 heteroatoms. The van der Waals surface area contributed by atoms with E-state index in [1.54, 1.807) is 0 Å². The summed E-state index contributed by atoms with van der Waals surface area (Å²) in [6, 6.07) is 54.8. The van der Waals surface area contributed by atoms with Gasteiger partial charge in [0.05, 0.1) is 0 Å². The van der Waals surface area contributed by atoms with Crippen LogP contribution in [0.3, 0.4) is 0 Å². The first-order valence-corrected chi connectivity index (χ1v) is 15.5. The van der Waals surface area contributed by atoms with Crippen molar-refractivity contribution in [2.45, 2.75) is 39.5 Å². The van der Waals surface area contributed by atoms with Crippen molar-refractivity contribution in [3.05, 3.63) is 180 Å². The zero-order chi connectivity index (χ0) is 31.3. The highest BCUT2D eigenvalue weighted by molar-refractivity contribution is 5.65. The molecule has 0 atom stereocenters. The second-order valence-corrected chi connectivity index (χ2v) is 10.9. The van der Waals surface area contributed by atoms with Gasteiger partial charge in [0.25, 0.3) is 0 Å². The number of nitrogens with two attached hydrogens (primary N) is 2. The molecule has 0 heterocycles. The fourth-order valence-corrected chi connectivity index (χ4v) is 5.14. The molecule has 0 aromatic heterocycles. The van der Waals surface area contributed by atoms with Gasteiger partial charge in [-0.1, -0.05) is 161 Å². The Hall–Kier alpha value is -5.08. The Labute approximate surface area is 264 Å². The minimum atomic E-state index is 0.135. The molecule has 0 aliphatic carbocycles. The van der Waals surface area contributed by atoms with Crippen molar-refractivity contribution in [1.82, 2.24) is 0 Å². The number of anilines is 2. The van der Waals surface area contributed by atoms with Gasteiger partial charge in [-0.05, 0) is 74.7 Å². The Balaban J connectivity index is 0.000000220. The van der Waals surface area contributed by atoms with Gasteiger partial charge < -0.3 is 11.5 Å². The van der Waals surface area contributed by atoms with Crippen LogP contribution in [0.2, 0.25) is 0 Å². The van der Waals surface area contributed by atoms with Gasteiger partial charge in [0.15, 0.2) is 0 Å². The van der Waals surface area contributed by atoms with Gasteiger partial charge in [0.2, 0.25) is 0 Å². The van der Waals surface area contributed by atoms with E-state index in [-0.39, 0.29) is 5.92 Å². The summed E-state index contributed by atoms with van der Waals surface area (Å²) in [5.74, 6) is 0.742. The van der Waals surface area contributed by atoms with Crippen LogP contribution in [0.25, 0.3) is 22.3 Å². The Morgan fingerprint density at radius 1 is 0.341 bits per heavy atom. The number of nitrogen functional groups attached to an aromatic ring is 2. The molecular formula is C42H44N2. The largest absolute Gasteiger partial charge is 0.399 e. The fourth-order valence-electron chi connectivity index (χ4n) is 5.14. The van der Waals surface area contributed by atoms with Gasteiger partial charge in [0.1, 0.15) is 0 Å². The maximum Gasteiger partial charge on any atom is 0.0340 e. The standard InChI is InChI=1S/C25H22N2.C15H16.C2H6/c26-23-14-10-21(11-15-23)25(22-12-16-24(27)17-13-22)20-8-6-19(7-9-20)18-4-2-1-3-5-18;1-12(2)13-8-10-15(11-9-13)14-6-4-3-5-7-14;1-2/h1-17,25H,26-27H2;3-12H,1-2H3;1-2H3. The monoisotopic (exact) mass is 576 g/mol. The second kappa shape index (κ2) is 16.0. The molecule has 0 amide bonds. The van der Waals surface area contributed by atoms with Crippen LogP contribution in [0.5, 0.6) is 0 Å². The molecular weight excluding hydrogens is 532 g/mol. The average Bonchev–Trinajstić information content (AvgIpc) is 3.09. The summed E-state index contributed by atoms with van der Waals surface area (Å²) in [5, 5.41) is 0. The van der Waals surface area contributed by atoms with E-state index in [0.717, 1.165) is 11.4 Å². The molecule has 6 aromatic carbocycles. The Kier molecular flexibility index (Phi) is 11.5. The van der Waals surface area contributed by atoms with E-state index in [1.165, 1.54) is 44.5 Å². The van der Waals surface area contributed by atoms with Crippen LogP contribution < -0.4 is 11.5 Å². The number of benzene rings is 6. The molecule has 222 valence electrons. The lowest BCUT2D eigenvalue weighted by molar-refractivity contribution is 0.867. The van der Waals surface area contributed by atoms with Crippen LogP contribution in [0.4, 0.5) is 11.4 Å². The molecule has 0 fully saturated rings. The number of hydrogen-bond acceptors (Lipinski definition) is 2. The maximum atomic E-state index is 5.89. The molecule has 0 aliphatic heterocycles. The Morgan fingerprint density at radius 2 is 0.614 bits per heavy atom. The normalized spacial score (nSPS) is 10.4. The minimum Gasteiger partial charge on any atom is -0.399 e. The third kappa shape index (κ3) is 8.49. The third-order valence-electron chi connectivity index (χ3n) is 7.58. The van der Waals surface area contributed by atoms with E-state index in [1.807, 2.05) is 50.2 Å². The quantitative estimate of drug-likeness (QED) is 0.153. The molecule has 0 unspecified atom stereocenters. The Bertz CT molecular complexity index is 1610. The van der Waals surface area contributed by atoms with Gasteiger partial charge in [0, 0.05) is 17.3 Å². The number of rotatable bonds is 6. The molecule has 6 aromatic rings. The second-order valence-electron chi connectivity index (χ2n) is 10.9. The summed E-state index contributed by atoms with van der Waals surface area (Å²) in [4.78, 5) is 0. The van der Waals surface area contributed by atoms with E-state index >= 15 is 0 Å². The van der Waals surface area contributed by atoms with Gasteiger partial charge in [-0.15, -0.1) is 0 Å². The maximum absolute atomic E-state index is 5.89. The van der Waals surface area contributed by atoms with E-state index in [4.69, 9.17) is 11.5 Å². The lowest BCUT2D eigenvalue weighted by atomic mass is 9.84. The highest BCUT2D eigenvalue weighted by Gasteiger charge is 2.17. The van der Waals surface area contributed by atoms with Crippen molar-refractivity contribution >= 4 is 11.4 Å². The smallest absolute Gasteiger partial charge is 0.0340 e. The molecule has 2 nitrogen and oxygen atoms in total. The van der Waals surface area contributed by atoms with E-state index in [9.17, 15) is 0 Å². The summed E-state index contributed by atoms with van der Waals surface area (Å²) >= 11 is 0. The first kappa shape index (κ1) is 31.8. The molecule has 0 radical (unpaired) electrons. The topological polar surface area (TPSA) is 52.0 Å². The van der Waals surface area contributed by atoms with Gasteiger partial charge in [-0.25, -0.2) is 0 Å². The molecule has 4 N–H and O–H groups in total. The molecule has 0 aliphatic rings. The zero-order valence-corrected chi connectivity index (χ0v) is 26.3. The third-order valence-corrected chi connectivity index (χ3v) is 7.58. The van der Waals surface area contributed by atoms with Gasteiger partial charge >= 0.3 is 0 Å². The average molecular weight is 577 g/mol. The van der Waals surface area contributed by atoms with Crippen LogP contribution in [0, 0.1) is 0 Å². The highest BCUT2D eigenvalue weighted by atomic mass is 14.5. The Morgan fingerprint density at radius 3 is 0.932 bits per heavy atom. The van der Waals surface area contributed by atoms with Crippen LogP contribution >= 0.6 is 0 Å². The van der Waals surface area contributed by atoms with Crippen molar-refractivity contribution in [2.24, 2.45) is 0 Å². The van der Waals surface area contributed by atoms with Gasteiger partial charge in [-0.2, -0.15) is 0 Å². The predicted octanol–water partition coefficient (Wildman–Crippen LogP) is 11.2. The summed E-state index contributed by atoms with van der Waals surface area (Å²) in [7, 11) is 0. The molecule has 0 bridgehead atoms. The van der Waals surface area contributed by atoms with Crippen molar-refractivity contribution < 1.29 is 0 Å². The molecule has 0 spiro atoms. The van der Waals surface area contributed by atoms with Crippen LogP contribution in [0.1, 0.15) is 61.8 Å². The minimum absolute atomic E-state index is 0.135. The van der Waals surface area contributed by atoms with E-state index < -0.39 is 0 Å². The zero-order valence-electron chi connectivity index (χ0n) is 26.3. The summed E-state index contributed by atoms with van der Waals surface area (Å²) in [5.41, 5.74) is 23.4. The summed E-state index contributed by atoms with van der Waals surface area (Å²) in [6.45, 7) is 8.44. The van der Waals surface area contributed by atoms with Crippen molar-refractivity contribution in [1.29, 1.82) is 0 Å². The predicted molar refractivity (Wildman–Crippen MR) is 192 cm³/mol. The van der Waals surface area contributed by atoms with Crippen molar-refractivity contribution in [2.75, 3.05) is 11.5 Å². The number of hydrogen-bond donors (Lipinski definition) is 2. The van der Waals surface area contributed by atoms with E-state index in [2.05, 4.69) is 135 Å². The fraction of sp³-hybridized carbons (Fsp3) is 0.143. The van der Waals surface area contributed by atoms with E-state index in [0.29, 0.717) is 5.92 Å². The van der Waals surface area contributed by atoms with Crippen molar-refractivity contribution in [3.8, 4) is 22.3 Å².